The molecule has 0 aromatic heterocycles. The normalized spacial score (nSPS) is 14.6. The van der Waals surface area contributed by atoms with Crippen LogP contribution < -0.4 is 5.73 Å². The van der Waals surface area contributed by atoms with E-state index in [4.69, 9.17) is 10.5 Å². The van der Waals surface area contributed by atoms with E-state index in [1.54, 1.807) is 27.7 Å². The van der Waals surface area contributed by atoms with Crippen molar-refractivity contribution in [2.24, 2.45) is 5.73 Å². The van der Waals surface area contributed by atoms with E-state index in [9.17, 15) is 13.2 Å². The second-order valence-electron chi connectivity index (χ2n) is 4.94. The highest BCUT2D eigenvalue weighted by Crippen LogP contribution is 2.08. The third-order valence-electron chi connectivity index (χ3n) is 1.64. The van der Waals surface area contributed by atoms with Crippen LogP contribution >= 0.6 is 0 Å². The van der Waals surface area contributed by atoms with E-state index in [1.807, 2.05) is 0 Å². The molecule has 0 heterocycles. The molecule has 6 heteroatoms. The van der Waals surface area contributed by atoms with Gasteiger partial charge in [-0.3, -0.25) is 4.79 Å². The maximum Gasteiger partial charge on any atom is 0.321 e. The molecule has 0 rings (SSSR count). The molecule has 0 aliphatic carbocycles. The van der Waals surface area contributed by atoms with Gasteiger partial charge in [0.15, 0.2) is 9.84 Å². The Bertz CT molecular complexity index is 327. The zero-order chi connectivity index (χ0) is 13.0. The molecule has 0 amide bonds. The summed E-state index contributed by atoms with van der Waals surface area (Å²) in [7, 11) is -3.40. The van der Waals surface area contributed by atoms with Gasteiger partial charge in [-0.1, -0.05) is 0 Å². The minimum absolute atomic E-state index is 0.0795. The molecule has 0 fully saturated rings. The van der Waals surface area contributed by atoms with Crippen molar-refractivity contribution in [1.82, 2.24) is 0 Å². The van der Waals surface area contributed by atoms with Gasteiger partial charge < -0.3 is 10.5 Å². The van der Waals surface area contributed by atoms with Gasteiger partial charge in [-0.15, -0.1) is 0 Å². The Balaban J connectivity index is 4.22. The quantitative estimate of drug-likeness (QED) is 0.718. The van der Waals surface area contributed by atoms with E-state index in [0.717, 1.165) is 0 Å². The predicted octanol–water partition coefficient (Wildman–Crippen LogP) is 0.480. The molecule has 0 aliphatic heterocycles. The Morgan fingerprint density at radius 2 is 1.88 bits per heavy atom. The highest BCUT2D eigenvalue weighted by molar-refractivity contribution is 7.92. The lowest BCUT2D eigenvalue weighted by Gasteiger charge is -2.19. The summed E-state index contributed by atoms with van der Waals surface area (Å²) in [5, 5.41) is 0. The number of hydrogen-bond acceptors (Lipinski definition) is 5. The first-order valence-electron chi connectivity index (χ1n) is 5.20. The second-order valence-corrected chi connectivity index (χ2v) is 7.13. The minimum atomic E-state index is -3.40. The molecule has 0 bridgehead atoms. The third-order valence-corrected chi connectivity index (χ3v) is 3.18. The summed E-state index contributed by atoms with van der Waals surface area (Å²) in [6, 6.07) is -0.187. The van der Waals surface area contributed by atoms with Gasteiger partial charge in [0.25, 0.3) is 0 Å². The lowest BCUT2D eigenvalue weighted by Crippen LogP contribution is -2.30. The Morgan fingerprint density at radius 1 is 1.38 bits per heavy atom. The monoisotopic (exact) mass is 251 g/mol. The molecule has 0 aromatic carbocycles. The summed E-state index contributed by atoms with van der Waals surface area (Å²) in [5.41, 5.74) is 4.79. The maximum atomic E-state index is 11.5. The summed E-state index contributed by atoms with van der Waals surface area (Å²) >= 11 is 0. The molecule has 0 saturated heterocycles. The van der Waals surface area contributed by atoms with Crippen molar-refractivity contribution in [2.45, 2.75) is 45.8 Å². The van der Waals surface area contributed by atoms with Crippen LogP contribution in [-0.4, -0.2) is 37.5 Å². The van der Waals surface area contributed by atoms with E-state index in [-0.39, 0.29) is 11.8 Å². The molecular weight excluding hydrogens is 230 g/mol. The summed E-state index contributed by atoms with van der Waals surface area (Å²) in [6.07, 6.45) is 0.352. The van der Waals surface area contributed by atoms with Crippen LogP contribution in [0, 0.1) is 0 Å². The highest BCUT2D eigenvalue weighted by Gasteiger charge is 2.22. The molecule has 16 heavy (non-hydrogen) atoms. The molecule has 0 spiro atoms. The lowest BCUT2D eigenvalue weighted by atomic mass is 10.2. The molecule has 0 aromatic rings. The zero-order valence-corrected chi connectivity index (χ0v) is 11.1. The third kappa shape index (κ3) is 8.67. The molecular formula is C10H21NO4S. The minimum Gasteiger partial charge on any atom is -0.459 e. The second kappa shape index (κ2) is 5.63. The molecule has 96 valence electrons. The molecule has 0 aliphatic rings. The first-order valence-corrected chi connectivity index (χ1v) is 7.02. The van der Waals surface area contributed by atoms with Crippen LogP contribution in [0.5, 0.6) is 0 Å². The number of sulfone groups is 1. The van der Waals surface area contributed by atoms with E-state index in [0.29, 0.717) is 6.42 Å². The van der Waals surface area contributed by atoms with Crippen molar-refractivity contribution in [3.8, 4) is 0 Å². The average Bonchev–Trinajstić information content (AvgIpc) is 1.95. The van der Waals surface area contributed by atoms with E-state index >= 15 is 0 Å². The van der Waals surface area contributed by atoms with Gasteiger partial charge in [-0.05, 0) is 34.1 Å². The first kappa shape index (κ1) is 15.4. The standard InChI is InChI=1S/C10H21NO4S/c1-8(11)5-6-16(13,14)7-9(12)15-10(2,3)4/h8H,5-7,11H2,1-4H3. The van der Waals surface area contributed by atoms with Crippen molar-refractivity contribution in [3.05, 3.63) is 0 Å². The SMILES string of the molecule is CC(N)CCS(=O)(=O)CC(=O)OC(C)(C)C. The van der Waals surface area contributed by atoms with Crippen LogP contribution in [0.4, 0.5) is 0 Å². The number of carbonyl (C=O) groups is 1. The fourth-order valence-corrected chi connectivity index (χ4v) is 2.28. The van der Waals surface area contributed by atoms with Crippen molar-refractivity contribution in [2.75, 3.05) is 11.5 Å². The number of ether oxygens (including phenoxy) is 1. The van der Waals surface area contributed by atoms with Gasteiger partial charge in [0.2, 0.25) is 0 Å². The summed E-state index contributed by atoms with van der Waals surface area (Å²) < 4.78 is 27.9. The maximum absolute atomic E-state index is 11.5. The summed E-state index contributed by atoms with van der Waals surface area (Å²) in [4.78, 5) is 11.3. The van der Waals surface area contributed by atoms with Crippen LogP contribution in [-0.2, 0) is 19.4 Å². The Labute approximate surface area is 97.3 Å². The Kier molecular flexibility index (Phi) is 5.41. The van der Waals surface area contributed by atoms with E-state index < -0.39 is 27.2 Å². The van der Waals surface area contributed by atoms with Crippen LogP contribution in [0.15, 0.2) is 0 Å². The zero-order valence-electron chi connectivity index (χ0n) is 10.3. The summed E-state index contributed by atoms with van der Waals surface area (Å²) in [6.45, 7) is 6.81. The van der Waals surface area contributed by atoms with Gasteiger partial charge in [0.05, 0.1) is 5.75 Å². The van der Waals surface area contributed by atoms with Gasteiger partial charge in [0.1, 0.15) is 11.4 Å². The van der Waals surface area contributed by atoms with Gasteiger partial charge in [-0.2, -0.15) is 0 Å². The Hall–Kier alpha value is -0.620. The van der Waals surface area contributed by atoms with E-state index in [1.165, 1.54) is 0 Å². The van der Waals surface area contributed by atoms with Crippen molar-refractivity contribution >= 4 is 15.8 Å². The molecule has 0 saturated carbocycles. The number of carbonyl (C=O) groups excluding carboxylic acids is 1. The number of hydrogen-bond donors (Lipinski definition) is 1. The summed E-state index contributed by atoms with van der Waals surface area (Å²) in [5.74, 6) is -1.36. The van der Waals surface area contributed by atoms with Crippen LogP contribution in [0.25, 0.3) is 0 Å². The molecule has 5 nitrogen and oxygen atoms in total. The largest absolute Gasteiger partial charge is 0.459 e. The first-order chi connectivity index (χ1) is 7.02. The van der Waals surface area contributed by atoms with E-state index in [2.05, 4.69) is 0 Å². The fourth-order valence-electron chi connectivity index (χ4n) is 0.988. The Morgan fingerprint density at radius 3 is 2.25 bits per heavy atom. The average molecular weight is 251 g/mol. The predicted molar refractivity (Wildman–Crippen MR) is 62.8 cm³/mol. The van der Waals surface area contributed by atoms with Crippen molar-refractivity contribution in [3.63, 3.8) is 0 Å². The molecule has 1 unspecified atom stereocenters. The number of rotatable bonds is 5. The number of nitrogens with two attached hydrogens (primary N) is 1. The van der Waals surface area contributed by atoms with Gasteiger partial charge >= 0.3 is 5.97 Å². The number of esters is 1. The lowest BCUT2D eigenvalue weighted by molar-refractivity contribution is -0.151. The highest BCUT2D eigenvalue weighted by atomic mass is 32.2. The topological polar surface area (TPSA) is 86.5 Å². The molecule has 0 radical (unpaired) electrons. The molecule has 2 N–H and O–H groups in total. The van der Waals surface area contributed by atoms with Crippen molar-refractivity contribution in [1.29, 1.82) is 0 Å². The van der Waals surface area contributed by atoms with Crippen LogP contribution in [0.3, 0.4) is 0 Å². The van der Waals surface area contributed by atoms with Gasteiger partial charge in [0, 0.05) is 6.04 Å². The van der Waals surface area contributed by atoms with Crippen LogP contribution in [0.2, 0.25) is 0 Å². The van der Waals surface area contributed by atoms with Crippen LogP contribution in [0.1, 0.15) is 34.1 Å². The fraction of sp³-hybridized carbons (Fsp3) is 0.900. The van der Waals surface area contributed by atoms with Gasteiger partial charge in [-0.25, -0.2) is 8.42 Å². The molecule has 1 atom stereocenters. The smallest absolute Gasteiger partial charge is 0.321 e. The van der Waals surface area contributed by atoms with Crippen molar-refractivity contribution < 1.29 is 17.9 Å².